The number of alkyl halides is 2. The van der Waals surface area contributed by atoms with Crippen molar-refractivity contribution in [3.63, 3.8) is 0 Å². The molecule has 0 saturated carbocycles. The number of piperidine rings is 1. The number of nitrogens with zero attached hydrogens (tertiary/aromatic N) is 2. The highest BCUT2D eigenvalue weighted by Crippen LogP contribution is 2.33. The first-order valence-corrected chi connectivity index (χ1v) is 6.58. The number of rotatable bonds is 3. The number of anilines is 2. The van der Waals surface area contributed by atoms with Gasteiger partial charge in [-0.1, -0.05) is 0 Å². The van der Waals surface area contributed by atoms with Crippen LogP contribution in [0.15, 0.2) is 18.2 Å². The molecule has 1 saturated heterocycles. The highest BCUT2D eigenvalue weighted by Gasteiger charge is 2.25. The van der Waals surface area contributed by atoms with Crippen LogP contribution in [0, 0.1) is 0 Å². The maximum absolute atomic E-state index is 13.1. The third-order valence-electron chi connectivity index (χ3n) is 3.75. The number of halogens is 2. The Morgan fingerprint density at radius 1 is 1.37 bits per heavy atom. The predicted octanol–water partition coefficient (Wildman–Crippen LogP) is 2.74. The number of likely N-dealkylation sites (N-methyl/N-ethyl adjacent to an activating group) is 1. The van der Waals surface area contributed by atoms with E-state index in [0.29, 0.717) is 17.4 Å². The normalized spacial score (nSPS) is 20.3. The van der Waals surface area contributed by atoms with Gasteiger partial charge in [0.1, 0.15) is 0 Å². The van der Waals surface area contributed by atoms with Crippen molar-refractivity contribution in [3.05, 3.63) is 23.8 Å². The van der Waals surface area contributed by atoms with E-state index in [0.717, 1.165) is 25.9 Å². The molecule has 0 aliphatic carbocycles. The molecule has 106 valence electrons. The quantitative estimate of drug-likeness (QED) is 0.856. The lowest BCUT2D eigenvalue weighted by molar-refractivity contribution is 0.151. The molecule has 3 nitrogen and oxygen atoms in total. The third-order valence-corrected chi connectivity index (χ3v) is 3.75. The molecule has 0 amide bonds. The van der Waals surface area contributed by atoms with Crippen molar-refractivity contribution >= 4 is 11.4 Å². The second-order valence-electron chi connectivity index (χ2n) is 5.32. The average Bonchev–Trinajstić information content (AvgIpc) is 2.38. The van der Waals surface area contributed by atoms with E-state index in [-0.39, 0.29) is 5.56 Å². The molecular formula is C14H21F2N3. The van der Waals surface area contributed by atoms with Crippen molar-refractivity contribution in [2.24, 2.45) is 0 Å². The van der Waals surface area contributed by atoms with Crippen LogP contribution in [0.4, 0.5) is 20.2 Å². The lowest BCUT2D eigenvalue weighted by Gasteiger charge is -2.38. The summed E-state index contributed by atoms with van der Waals surface area (Å²) in [6, 6.07) is 5.21. The monoisotopic (exact) mass is 269 g/mol. The van der Waals surface area contributed by atoms with Gasteiger partial charge in [-0.2, -0.15) is 0 Å². The van der Waals surface area contributed by atoms with Gasteiger partial charge < -0.3 is 15.5 Å². The molecule has 1 aliphatic heterocycles. The zero-order valence-electron chi connectivity index (χ0n) is 11.4. The molecule has 1 aromatic carbocycles. The van der Waals surface area contributed by atoms with Gasteiger partial charge in [-0.05, 0) is 45.1 Å². The maximum atomic E-state index is 13.1. The van der Waals surface area contributed by atoms with Gasteiger partial charge in [0, 0.05) is 36.1 Å². The summed E-state index contributed by atoms with van der Waals surface area (Å²) in [6.07, 6.45) is -0.350. The minimum Gasteiger partial charge on any atom is -0.399 e. The molecule has 1 aliphatic rings. The molecule has 1 fully saturated rings. The van der Waals surface area contributed by atoms with Crippen LogP contribution in [0.5, 0.6) is 0 Å². The second kappa shape index (κ2) is 5.74. The second-order valence-corrected chi connectivity index (χ2v) is 5.32. The van der Waals surface area contributed by atoms with Crippen molar-refractivity contribution in [3.8, 4) is 0 Å². The van der Waals surface area contributed by atoms with E-state index in [1.807, 2.05) is 14.1 Å². The summed E-state index contributed by atoms with van der Waals surface area (Å²) in [4.78, 5) is 4.21. The van der Waals surface area contributed by atoms with Crippen LogP contribution >= 0.6 is 0 Å². The molecule has 19 heavy (non-hydrogen) atoms. The lowest BCUT2D eigenvalue weighted by Crippen LogP contribution is -2.45. The van der Waals surface area contributed by atoms with Gasteiger partial charge in [0.25, 0.3) is 6.43 Å². The molecule has 0 spiro atoms. The van der Waals surface area contributed by atoms with Crippen LogP contribution in [-0.4, -0.2) is 38.1 Å². The molecular weight excluding hydrogens is 248 g/mol. The first-order chi connectivity index (χ1) is 8.99. The first-order valence-electron chi connectivity index (χ1n) is 6.58. The fourth-order valence-electron chi connectivity index (χ4n) is 2.63. The number of benzene rings is 1. The topological polar surface area (TPSA) is 32.5 Å². The Balaban J connectivity index is 2.25. The van der Waals surface area contributed by atoms with Gasteiger partial charge in [0.2, 0.25) is 0 Å². The molecule has 0 aromatic heterocycles. The highest BCUT2D eigenvalue weighted by atomic mass is 19.3. The summed E-state index contributed by atoms with van der Waals surface area (Å²) in [5.41, 5.74) is 6.66. The Kier molecular flexibility index (Phi) is 4.24. The minimum absolute atomic E-state index is 0.0411. The van der Waals surface area contributed by atoms with E-state index in [2.05, 4.69) is 9.80 Å². The number of nitrogens with two attached hydrogens (primary N) is 1. The van der Waals surface area contributed by atoms with Gasteiger partial charge >= 0.3 is 0 Å². The fourth-order valence-corrected chi connectivity index (χ4v) is 2.63. The van der Waals surface area contributed by atoms with E-state index < -0.39 is 6.43 Å². The van der Waals surface area contributed by atoms with Crippen LogP contribution in [0.2, 0.25) is 0 Å². The number of hydrogen-bond acceptors (Lipinski definition) is 3. The molecule has 1 unspecified atom stereocenters. The summed E-state index contributed by atoms with van der Waals surface area (Å²) >= 11 is 0. The van der Waals surface area contributed by atoms with E-state index in [9.17, 15) is 8.78 Å². The van der Waals surface area contributed by atoms with Crippen molar-refractivity contribution in [2.45, 2.75) is 25.3 Å². The molecule has 2 N–H and O–H groups in total. The van der Waals surface area contributed by atoms with E-state index in [4.69, 9.17) is 5.73 Å². The van der Waals surface area contributed by atoms with Crippen molar-refractivity contribution in [1.29, 1.82) is 0 Å². The maximum Gasteiger partial charge on any atom is 0.265 e. The van der Waals surface area contributed by atoms with Gasteiger partial charge in [-0.3, -0.25) is 0 Å². The Morgan fingerprint density at radius 3 is 2.74 bits per heavy atom. The molecule has 0 bridgehead atoms. The average molecular weight is 269 g/mol. The molecule has 5 heteroatoms. The summed E-state index contributed by atoms with van der Waals surface area (Å²) in [7, 11) is 4.07. The molecule has 1 heterocycles. The Bertz CT molecular complexity index is 435. The van der Waals surface area contributed by atoms with Gasteiger partial charge in [-0.15, -0.1) is 0 Å². The van der Waals surface area contributed by atoms with Crippen LogP contribution in [0.1, 0.15) is 24.8 Å². The fraction of sp³-hybridized carbons (Fsp3) is 0.571. The van der Waals surface area contributed by atoms with Crippen LogP contribution < -0.4 is 10.6 Å². The summed E-state index contributed by atoms with van der Waals surface area (Å²) in [5.74, 6) is 0. The highest BCUT2D eigenvalue weighted by molar-refractivity contribution is 5.60. The Hall–Kier alpha value is -1.36. The van der Waals surface area contributed by atoms with Crippen LogP contribution in [-0.2, 0) is 0 Å². The van der Waals surface area contributed by atoms with E-state index >= 15 is 0 Å². The zero-order chi connectivity index (χ0) is 14.0. The summed E-state index contributed by atoms with van der Waals surface area (Å²) in [6.45, 7) is 1.62. The van der Waals surface area contributed by atoms with Gasteiger partial charge in [0.05, 0.1) is 0 Å². The van der Waals surface area contributed by atoms with Crippen LogP contribution in [0.25, 0.3) is 0 Å². The largest absolute Gasteiger partial charge is 0.399 e. The van der Waals surface area contributed by atoms with Crippen molar-refractivity contribution < 1.29 is 8.78 Å². The number of nitrogen functional groups attached to an aromatic ring is 1. The minimum atomic E-state index is -2.49. The Morgan fingerprint density at radius 2 is 2.11 bits per heavy atom. The molecule has 1 atom stereocenters. The van der Waals surface area contributed by atoms with Crippen molar-refractivity contribution in [2.75, 3.05) is 37.8 Å². The first kappa shape index (κ1) is 14.1. The molecule has 1 aromatic rings. The van der Waals surface area contributed by atoms with Gasteiger partial charge in [0.15, 0.2) is 0 Å². The van der Waals surface area contributed by atoms with Crippen LogP contribution in [0.3, 0.4) is 0 Å². The van der Waals surface area contributed by atoms with Crippen molar-refractivity contribution in [1.82, 2.24) is 4.90 Å². The standard InChI is InChI=1S/C14H21F2N3/c1-18(2)11-4-3-7-19(9-11)13-6-5-10(17)8-12(13)14(15)16/h5-6,8,11,14H,3-4,7,9,17H2,1-2H3. The molecule has 2 rings (SSSR count). The number of hydrogen-bond donors (Lipinski definition) is 1. The zero-order valence-corrected chi connectivity index (χ0v) is 11.4. The lowest BCUT2D eigenvalue weighted by atomic mass is 10.0. The Labute approximate surface area is 113 Å². The SMILES string of the molecule is CN(C)C1CCCN(c2ccc(N)cc2C(F)F)C1. The molecule has 0 radical (unpaired) electrons. The van der Waals surface area contributed by atoms with E-state index in [1.54, 1.807) is 12.1 Å². The third kappa shape index (κ3) is 3.15. The smallest absolute Gasteiger partial charge is 0.265 e. The van der Waals surface area contributed by atoms with Gasteiger partial charge in [-0.25, -0.2) is 8.78 Å². The predicted molar refractivity (Wildman–Crippen MR) is 74.7 cm³/mol. The van der Waals surface area contributed by atoms with E-state index in [1.165, 1.54) is 6.07 Å². The summed E-state index contributed by atoms with van der Waals surface area (Å²) < 4.78 is 26.3. The summed E-state index contributed by atoms with van der Waals surface area (Å²) in [5, 5.41) is 0.